The van der Waals surface area contributed by atoms with Crippen LogP contribution in [0.4, 0.5) is 0 Å². The molecule has 1 atom stereocenters. The Kier molecular flexibility index (Phi) is 5.46. The minimum absolute atomic E-state index is 0.385. The predicted octanol–water partition coefficient (Wildman–Crippen LogP) is 1.05. The molecule has 1 aromatic carbocycles. The van der Waals surface area contributed by atoms with Gasteiger partial charge in [0, 0.05) is 12.4 Å². The van der Waals surface area contributed by atoms with Crippen LogP contribution in [0.2, 0.25) is 0 Å². The summed E-state index contributed by atoms with van der Waals surface area (Å²) >= 11 is 0. The average molecular weight is 233 g/mol. The van der Waals surface area contributed by atoms with E-state index in [0.717, 1.165) is 5.56 Å². The van der Waals surface area contributed by atoms with Crippen LogP contribution in [0.25, 0.3) is 0 Å². The van der Waals surface area contributed by atoms with Crippen molar-refractivity contribution in [3.8, 4) is 0 Å². The number of aliphatic carboxylic acids is 1. The van der Waals surface area contributed by atoms with Crippen LogP contribution in [0, 0.1) is 0 Å². The van der Waals surface area contributed by atoms with E-state index in [1.165, 1.54) is 0 Å². The van der Waals surface area contributed by atoms with Crippen LogP contribution in [0.1, 0.15) is 5.56 Å². The monoisotopic (exact) mass is 233 g/mol. The van der Waals surface area contributed by atoms with Crippen molar-refractivity contribution in [2.45, 2.75) is 12.5 Å². The zero-order valence-electron chi connectivity index (χ0n) is 9.28. The number of H-pyrrole nitrogens is 1. The maximum atomic E-state index is 10.4. The standard InChI is InChI=1S/C9H11NO2.C3H4N2/c10-8(9(11)12)6-7-4-2-1-3-5-7;1-2-5-3-4-1/h1-5,8H,6,10H2,(H,11,12);1-3H,(H,4,5)/t8-;/m0./s1. The first-order valence-corrected chi connectivity index (χ1v) is 5.15. The van der Waals surface area contributed by atoms with Gasteiger partial charge in [0.2, 0.25) is 0 Å². The Morgan fingerprint density at radius 1 is 1.41 bits per heavy atom. The Morgan fingerprint density at radius 3 is 2.53 bits per heavy atom. The quantitative estimate of drug-likeness (QED) is 0.738. The molecule has 1 aromatic heterocycles. The lowest BCUT2D eigenvalue weighted by Gasteiger charge is -2.04. The second-order valence-electron chi connectivity index (χ2n) is 3.40. The molecule has 0 bridgehead atoms. The number of imidazole rings is 1. The predicted molar refractivity (Wildman–Crippen MR) is 64.3 cm³/mol. The molecule has 0 saturated carbocycles. The smallest absolute Gasteiger partial charge is 0.320 e. The molecule has 2 aromatic rings. The average Bonchev–Trinajstić information content (AvgIpc) is 2.89. The lowest BCUT2D eigenvalue weighted by atomic mass is 10.1. The van der Waals surface area contributed by atoms with Crippen molar-refractivity contribution in [3.63, 3.8) is 0 Å². The molecule has 17 heavy (non-hydrogen) atoms. The second kappa shape index (κ2) is 7.19. The molecule has 0 amide bonds. The number of nitrogens with one attached hydrogen (secondary N) is 1. The summed E-state index contributed by atoms with van der Waals surface area (Å²) in [5.41, 5.74) is 6.30. The molecule has 0 aliphatic heterocycles. The molecule has 0 saturated heterocycles. The van der Waals surface area contributed by atoms with Crippen molar-refractivity contribution in [2.24, 2.45) is 5.73 Å². The number of rotatable bonds is 3. The summed E-state index contributed by atoms with van der Waals surface area (Å²) in [5, 5.41) is 8.52. The molecule has 0 radical (unpaired) electrons. The highest BCUT2D eigenvalue weighted by molar-refractivity contribution is 5.73. The molecular formula is C12H15N3O2. The molecule has 0 unspecified atom stereocenters. The van der Waals surface area contributed by atoms with E-state index in [1.54, 1.807) is 18.7 Å². The summed E-state index contributed by atoms with van der Waals surface area (Å²) in [6.45, 7) is 0. The topological polar surface area (TPSA) is 92.0 Å². The first-order valence-electron chi connectivity index (χ1n) is 5.15. The summed E-state index contributed by atoms with van der Waals surface area (Å²) in [6, 6.07) is 8.54. The molecule has 4 N–H and O–H groups in total. The van der Waals surface area contributed by atoms with E-state index in [0.29, 0.717) is 6.42 Å². The lowest BCUT2D eigenvalue weighted by Crippen LogP contribution is -2.32. The summed E-state index contributed by atoms with van der Waals surface area (Å²) < 4.78 is 0. The summed E-state index contributed by atoms with van der Waals surface area (Å²) in [6.07, 6.45) is 5.47. The molecule has 0 spiro atoms. The summed E-state index contributed by atoms with van der Waals surface area (Å²) in [7, 11) is 0. The Balaban J connectivity index is 0.000000239. The van der Waals surface area contributed by atoms with E-state index < -0.39 is 12.0 Å². The van der Waals surface area contributed by atoms with Gasteiger partial charge in [0.25, 0.3) is 0 Å². The van der Waals surface area contributed by atoms with E-state index in [-0.39, 0.29) is 0 Å². The lowest BCUT2D eigenvalue weighted by molar-refractivity contribution is -0.138. The number of nitrogens with zero attached hydrogens (tertiary/aromatic N) is 1. The number of carbonyl (C=O) groups is 1. The van der Waals surface area contributed by atoms with Crippen molar-refractivity contribution in [3.05, 3.63) is 54.6 Å². The normalized spacial score (nSPS) is 11.1. The zero-order valence-corrected chi connectivity index (χ0v) is 9.28. The highest BCUT2D eigenvalue weighted by Gasteiger charge is 2.10. The van der Waals surface area contributed by atoms with E-state index in [1.807, 2.05) is 30.3 Å². The molecule has 1 heterocycles. The van der Waals surface area contributed by atoms with E-state index in [2.05, 4.69) is 9.97 Å². The molecule has 0 fully saturated rings. The van der Waals surface area contributed by atoms with Gasteiger partial charge in [0.15, 0.2) is 0 Å². The Labute approximate surface area is 99.3 Å². The number of hydrogen-bond acceptors (Lipinski definition) is 3. The molecule has 2 rings (SSSR count). The molecule has 5 nitrogen and oxygen atoms in total. The number of carboxylic acids is 1. The maximum absolute atomic E-state index is 10.4. The molecular weight excluding hydrogens is 218 g/mol. The van der Waals surface area contributed by atoms with Crippen molar-refractivity contribution in [1.82, 2.24) is 9.97 Å². The Bertz CT molecular complexity index is 397. The highest BCUT2D eigenvalue weighted by atomic mass is 16.4. The fourth-order valence-electron chi connectivity index (χ4n) is 1.17. The van der Waals surface area contributed by atoms with Gasteiger partial charge in [-0.3, -0.25) is 4.79 Å². The largest absolute Gasteiger partial charge is 0.480 e. The molecule has 0 aliphatic carbocycles. The Morgan fingerprint density at radius 2 is 2.12 bits per heavy atom. The number of aromatic amines is 1. The van der Waals surface area contributed by atoms with Crippen molar-refractivity contribution in [2.75, 3.05) is 0 Å². The van der Waals surface area contributed by atoms with Crippen LogP contribution in [0.3, 0.4) is 0 Å². The van der Waals surface area contributed by atoms with Crippen LogP contribution in [-0.4, -0.2) is 27.1 Å². The number of hydrogen-bond donors (Lipinski definition) is 3. The second-order valence-corrected chi connectivity index (χ2v) is 3.40. The van der Waals surface area contributed by atoms with Crippen molar-refractivity contribution < 1.29 is 9.90 Å². The minimum atomic E-state index is -0.959. The van der Waals surface area contributed by atoms with Gasteiger partial charge in [0.05, 0.1) is 6.33 Å². The van der Waals surface area contributed by atoms with Gasteiger partial charge in [-0.1, -0.05) is 30.3 Å². The van der Waals surface area contributed by atoms with E-state index in [9.17, 15) is 4.79 Å². The van der Waals surface area contributed by atoms with Crippen LogP contribution in [0.15, 0.2) is 49.1 Å². The van der Waals surface area contributed by atoms with Gasteiger partial charge in [-0.15, -0.1) is 0 Å². The third-order valence-corrected chi connectivity index (χ3v) is 2.02. The highest BCUT2D eigenvalue weighted by Crippen LogP contribution is 2.01. The molecule has 90 valence electrons. The molecule has 5 heteroatoms. The van der Waals surface area contributed by atoms with E-state index >= 15 is 0 Å². The first-order chi connectivity index (χ1) is 8.20. The van der Waals surface area contributed by atoms with Gasteiger partial charge >= 0.3 is 5.97 Å². The van der Waals surface area contributed by atoms with Crippen LogP contribution in [0.5, 0.6) is 0 Å². The van der Waals surface area contributed by atoms with Gasteiger partial charge in [0.1, 0.15) is 6.04 Å². The maximum Gasteiger partial charge on any atom is 0.320 e. The zero-order chi connectivity index (χ0) is 12.5. The SMILES string of the molecule is N[C@@H](Cc1ccccc1)C(=O)O.c1c[nH]cn1. The number of benzene rings is 1. The number of nitrogens with two attached hydrogens (primary N) is 1. The van der Waals surface area contributed by atoms with Gasteiger partial charge in [-0.05, 0) is 12.0 Å². The summed E-state index contributed by atoms with van der Waals surface area (Å²) in [5.74, 6) is -0.959. The minimum Gasteiger partial charge on any atom is -0.480 e. The third kappa shape index (κ3) is 5.48. The number of aromatic nitrogens is 2. The van der Waals surface area contributed by atoms with Crippen molar-refractivity contribution >= 4 is 5.97 Å². The van der Waals surface area contributed by atoms with Gasteiger partial charge < -0.3 is 15.8 Å². The third-order valence-electron chi connectivity index (χ3n) is 2.02. The Hall–Kier alpha value is -2.14. The van der Waals surface area contributed by atoms with Crippen LogP contribution < -0.4 is 5.73 Å². The van der Waals surface area contributed by atoms with Crippen LogP contribution >= 0.6 is 0 Å². The first kappa shape index (κ1) is 12.9. The number of carboxylic acid groups (broad SMARTS) is 1. The van der Waals surface area contributed by atoms with E-state index in [4.69, 9.17) is 10.8 Å². The molecule has 0 aliphatic rings. The van der Waals surface area contributed by atoms with Crippen LogP contribution in [-0.2, 0) is 11.2 Å². The van der Waals surface area contributed by atoms with Gasteiger partial charge in [-0.25, -0.2) is 4.98 Å². The summed E-state index contributed by atoms with van der Waals surface area (Å²) in [4.78, 5) is 16.8. The van der Waals surface area contributed by atoms with Crippen molar-refractivity contribution in [1.29, 1.82) is 0 Å². The van der Waals surface area contributed by atoms with Gasteiger partial charge in [-0.2, -0.15) is 0 Å². The fraction of sp³-hybridized carbons (Fsp3) is 0.167. The fourth-order valence-corrected chi connectivity index (χ4v) is 1.17.